The molecule has 0 aromatic carbocycles. The van der Waals surface area contributed by atoms with Crippen LogP contribution in [0.2, 0.25) is 0 Å². The zero-order valence-corrected chi connectivity index (χ0v) is 13.7. The number of rotatable bonds is 4. The second kappa shape index (κ2) is 6.25. The molecule has 0 unspecified atom stereocenters. The Kier molecular flexibility index (Phi) is 4.99. The summed E-state index contributed by atoms with van der Waals surface area (Å²) in [6, 6.07) is 0. The Labute approximate surface area is 128 Å². The SMILES string of the molecule is CC1(C)CCC(O)(CNC(=O)CC2(N)CCCCC2)CC1. The lowest BCUT2D eigenvalue weighted by molar-refractivity contribution is -0.124. The van der Waals surface area contributed by atoms with Gasteiger partial charge in [0.25, 0.3) is 0 Å². The first kappa shape index (κ1) is 16.8. The topological polar surface area (TPSA) is 75.3 Å². The van der Waals surface area contributed by atoms with Crippen LogP contribution >= 0.6 is 0 Å². The second-order valence-corrected chi connectivity index (χ2v) is 8.27. The summed E-state index contributed by atoms with van der Waals surface area (Å²) in [4.78, 5) is 12.1. The normalized spacial score (nSPS) is 27.0. The van der Waals surface area contributed by atoms with E-state index in [0.717, 1.165) is 51.4 Å². The minimum Gasteiger partial charge on any atom is -0.388 e. The van der Waals surface area contributed by atoms with E-state index in [1.807, 2.05) is 0 Å². The molecule has 0 aromatic rings. The van der Waals surface area contributed by atoms with Gasteiger partial charge >= 0.3 is 0 Å². The maximum Gasteiger partial charge on any atom is 0.221 e. The molecular weight excluding hydrogens is 264 g/mol. The quantitative estimate of drug-likeness (QED) is 0.746. The van der Waals surface area contributed by atoms with Crippen LogP contribution in [0.1, 0.15) is 78.1 Å². The zero-order chi connectivity index (χ0) is 15.6. The van der Waals surface area contributed by atoms with Gasteiger partial charge in [-0.25, -0.2) is 0 Å². The lowest BCUT2D eigenvalue weighted by Crippen LogP contribution is -2.50. The summed E-state index contributed by atoms with van der Waals surface area (Å²) >= 11 is 0. The summed E-state index contributed by atoms with van der Waals surface area (Å²) in [7, 11) is 0. The number of nitrogens with one attached hydrogen (secondary N) is 1. The third-order valence-corrected chi connectivity index (χ3v) is 5.51. The lowest BCUT2D eigenvalue weighted by Gasteiger charge is -2.40. The molecule has 4 N–H and O–H groups in total. The van der Waals surface area contributed by atoms with E-state index in [9.17, 15) is 9.90 Å². The minimum absolute atomic E-state index is 0.00217. The summed E-state index contributed by atoms with van der Waals surface area (Å²) in [5.74, 6) is -0.00217. The van der Waals surface area contributed by atoms with Crippen LogP contribution < -0.4 is 11.1 Å². The molecule has 2 aliphatic carbocycles. The average Bonchev–Trinajstić information content (AvgIpc) is 2.41. The van der Waals surface area contributed by atoms with Crippen molar-refractivity contribution in [3.63, 3.8) is 0 Å². The van der Waals surface area contributed by atoms with Crippen LogP contribution in [0, 0.1) is 5.41 Å². The molecule has 0 heterocycles. The number of nitrogens with two attached hydrogens (primary N) is 1. The van der Waals surface area contributed by atoms with Gasteiger partial charge in [0.05, 0.1) is 5.60 Å². The highest BCUT2D eigenvalue weighted by Crippen LogP contribution is 2.39. The van der Waals surface area contributed by atoms with Crippen LogP contribution in [-0.2, 0) is 4.79 Å². The Morgan fingerprint density at radius 1 is 1.05 bits per heavy atom. The summed E-state index contributed by atoms with van der Waals surface area (Å²) in [5, 5.41) is 13.5. The van der Waals surface area contributed by atoms with E-state index in [1.54, 1.807) is 0 Å². The monoisotopic (exact) mass is 296 g/mol. The molecule has 0 radical (unpaired) electrons. The third kappa shape index (κ3) is 4.96. The van der Waals surface area contributed by atoms with Gasteiger partial charge in [-0.15, -0.1) is 0 Å². The second-order valence-electron chi connectivity index (χ2n) is 8.27. The van der Waals surface area contributed by atoms with Crippen LogP contribution in [0.25, 0.3) is 0 Å². The predicted octanol–water partition coefficient (Wildman–Crippen LogP) is 2.49. The van der Waals surface area contributed by atoms with Gasteiger partial charge in [0.1, 0.15) is 0 Å². The van der Waals surface area contributed by atoms with E-state index in [-0.39, 0.29) is 11.4 Å². The number of amides is 1. The Bertz CT molecular complexity index is 363. The maximum absolute atomic E-state index is 12.1. The molecule has 2 rings (SSSR count). The number of carbonyl (C=O) groups excluding carboxylic acids is 1. The van der Waals surface area contributed by atoms with Crippen molar-refractivity contribution in [1.82, 2.24) is 5.32 Å². The van der Waals surface area contributed by atoms with E-state index in [2.05, 4.69) is 19.2 Å². The molecule has 4 heteroatoms. The molecule has 0 saturated heterocycles. The fourth-order valence-electron chi connectivity index (χ4n) is 3.65. The maximum atomic E-state index is 12.1. The molecular formula is C17H32N2O2. The fourth-order valence-corrected chi connectivity index (χ4v) is 3.65. The van der Waals surface area contributed by atoms with Crippen molar-refractivity contribution < 1.29 is 9.90 Å². The van der Waals surface area contributed by atoms with Gasteiger partial charge in [-0.05, 0) is 43.9 Å². The molecule has 21 heavy (non-hydrogen) atoms. The van der Waals surface area contributed by atoms with Gasteiger partial charge < -0.3 is 16.2 Å². The molecule has 2 fully saturated rings. The van der Waals surface area contributed by atoms with E-state index < -0.39 is 5.60 Å². The summed E-state index contributed by atoms with van der Waals surface area (Å²) < 4.78 is 0. The summed E-state index contributed by atoms with van der Waals surface area (Å²) in [6.07, 6.45) is 9.34. The molecule has 2 saturated carbocycles. The number of carbonyl (C=O) groups is 1. The lowest BCUT2D eigenvalue weighted by atomic mass is 9.71. The zero-order valence-electron chi connectivity index (χ0n) is 13.7. The van der Waals surface area contributed by atoms with Crippen molar-refractivity contribution in [2.45, 2.75) is 89.2 Å². The smallest absolute Gasteiger partial charge is 0.221 e. The number of aliphatic hydroxyl groups is 1. The summed E-state index contributed by atoms with van der Waals surface area (Å²) in [5.41, 5.74) is 5.59. The molecule has 4 nitrogen and oxygen atoms in total. The number of hydrogen-bond acceptors (Lipinski definition) is 3. The first-order valence-corrected chi connectivity index (χ1v) is 8.50. The van der Waals surface area contributed by atoms with Gasteiger partial charge in [-0.1, -0.05) is 33.1 Å². The van der Waals surface area contributed by atoms with Gasteiger partial charge in [0, 0.05) is 18.5 Å². The molecule has 0 aliphatic heterocycles. The van der Waals surface area contributed by atoms with Crippen LogP contribution in [0.4, 0.5) is 0 Å². The molecule has 122 valence electrons. The first-order chi connectivity index (χ1) is 9.72. The minimum atomic E-state index is -0.723. The molecule has 2 aliphatic rings. The van der Waals surface area contributed by atoms with Gasteiger partial charge in [-0.2, -0.15) is 0 Å². The Hall–Kier alpha value is -0.610. The van der Waals surface area contributed by atoms with E-state index >= 15 is 0 Å². The van der Waals surface area contributed by atoms with E-state index in [0.29, 0.717) is 18.4 Å². The van der Waals surface area contributed by atoms with Crippen LogP contribution in [0.3, 0.4) is 0 Å². The van der Waals surface area contributed by atoms with Crippen molar-refractivity contribution in [2.24, 2.45) is 11.1 Å². The van der Waals surface area contributed by atoms with Crippen LogP contribution in [0.5, 0.6) is 0 Å². The van der Waals surface area contributed by atoms with Crippen molar-refractivity contribution in [3.05, 3.63) is 0 Å². The molecule has 0 atom stereocenters. The summed E-state index contributed by atoms with van der Waals surface area (Å²) in [6.45, 7) is 4.86. The van der Waals surface area contributed by atoms with Crippen molar-refractivity contribution in [1.29, 1.82) is 0 Å². The molecule has 1 amide bonds. The van der Waals surface area contributed by atoms with Crippen molar-refractivity contribution >= 4 is 5.91 Å². The molecule has 0 aromatic heterocycles. The van der Waals surface area contributed by atoms with E-state index in [1.165, 1.54) is 6.42 Å². The van der Waals surface area contributed by atoms with Crippen molar-refractivity contribution in [2.75, 3.05) is 6.54 Å². The highest BCUT2D eigenvalue weighted by molar-refractivity contribution is 5.77. The van der Waals surface area contributed by atoms with Crippen LogP contribution in [-0.4, -0.2) is 28.7 Å². The highest BCUT2D eigenvalue weighted by Gasteiger charge is 2.37. The fraction of sp³-hybridized carbons (Fsp3) is 0.941. The standard InChI is InChI=1S/C17H32N2O2/c1-15(2)8-10-17(21,11-9-15)13-19-14(20)12-16(18)6-4-3-5-7-16/h21H,3-13,18H2,1-2H3,(H,19,20). The van der Waals surface area contributed by atoms with Gasteiger partial charge in [-0.3, -0.25) is 4.79 Å². The third-order valence-electron chi connectivity index (χ3n) is 5.51. The first-order valence-electron chi connectivity index (χ1n) is 8.50. The Balaban J connectivity index is 1.76. The Morgan fingerprint density at radius 3 is 2.19 bits per heavy atom. The number of hydrogen-bond donors (Lipinski definition) is 3. The van der Waals surface area contributed by atoms with Crippen LogP contribution in [0.15, 0.2) is 0 Å². The average molecular weight is 296 g/mol. The Morgan fingerprint density at radius 2 is 1.62 bits per heavy atom. The largest absolute Gasteiger partial charge is 0.388 e. The molecule has 0 spiro atoms. The van der Waals surface area contributed by atoms with Crippen molar-refractivity contribution in [3.8, 4) is 0 Å². The highest BCUT2D eigenvalue weighted by atomic mass is 16.3. The van der Waals surface area contributed by atoms with Gasteiger partial charge in [0.15, 0.2) is 0 Å². The van der Waals surface area contributed by atoms with Gasteiger partial charge in [0.2, 0.25) is 5.91 Å². The van der Waals surface area contributed by atoms with E-state index in [4.69, 9.17) is 5.73 Å². The predicted molar refractivity (Wildman–Crippen MR) is 84.8 cm³/mol. The molecule has 0 bridgehead atoms.